The van der Waals surface area contributed by atoms with Crippen molar-refractivity contribution < 1.29 is 8.60 Å². The zero-order valence-electron chi connectivity index (χ0n) is 3.77. The van der Waals surface area contributed by atoms with Gasteiger partial charge in [-0.15, -0.1) is 0 Å². The van der Waals surface area contributed by atoms with Crippen LogP contribution in [0, 0.1) is 0 Å². The monoisotopic (exact) mass is 110 g/mol. The van der Waals surface area contributed by atoms with E-state index in [9.17, 15) is 8.60 Å². The van der Waals surface area contributed by atoms with Crippen molar-refractivity contribution >= 4 is 10.8 Å². The molecule has 2 atom stereocenters. The Morgan fingerprint density at radius 3 is 2.00 bits per heavy atom. The first kappa shape index (κ1) is 6.08. The fraction of sp³-hybridized carbons (Fsp3) is 1.00. The summed E-state index contributed by atoms with van der Waals surface area (Å²) in [6.45, 7) is 1.27. The predicted molar refractivity (Wildman–Crippen MR) is 24.6 cm³/mol. The minimum Gasteiger partial charge on any atom is -0.257 e. The topological polar surface area (TPSA) is 17.1 Å². The van der Waals surface area contributed by atoms with Crippen molar-refractivity contribution in [3.8, 4) is 0 Å². The second kappa shape index (κ2) is 2.29. The Morgan fingerprint density at radius 2 is 2.00 bits per heavy atom. The molecular formula is C3H7FOS. The standard InChI is InChI=1S/C3H7FOS/c1-3(4)6(2)5/h3H,1-2H3. The fourth-order valence-corrected chi connectivity index (χ4v) is 0. The molecule has 0 aromatic rings. The molecule has 0 rings (SSSR count). The van der Waals surface area contributed by atoms with Crippen molar-refractivity contribution in [3.63, 3.8) is 0 Å². The minimum atomic E-state index is -1.28. The lowest BCUT2D eigenvalue weighted by Gasteiger charge is -1.88. The molecule has 0 aliphatic carbocycles. The van der Waals surface area contributed by atoms with E-state index in [0.29, 0.717) is 0 Å². The van der Waals surface area contributed by atoms with Crippen molar-refractivity contribution in [2.45, 2.75) is 12.4 Å². The molecule has 0 bridgehead atoms. The molecule has 0 N–H and O–H groups in total. The minimum absolute atomic E-state index is 1.18. The van der Waals surface area contributed by atoms with Crippen molar-refractivity contribution in [1.82, 2.24) is 0 Å². The Morgan fingerprint density at radius 1 is 1.83 bits per heavy atom. The average molecular weight is 110 g/mol. The van der Waals surface area contributed by atoms with Crippen LogP contribution in [-0.4, -0.2) is 16.0 Å². The van der Waals surface area contributed by atoms with Crippen LogP contribution in [0.5, 0.6) is 0 Å². The largest absolute Gasteiger partial charge is 0.257 e. The molecule has 0 heterocycles. The van der Waals surface area contributed by atoms with Gasteiger partial charge in [-0.25, -0.2) is 4.39 Å². The Balaban J connectivity index is 3.26. The van der Waals surface area contributed by atoms with Crippen LogP contribution in [0.25, 0.3) is 0 Å². The van der Waals surface area contributed by atoms with Gasteiger partial charge < -0.3 is 0 Å². The number of rotatable bonds is 1. The predicted octanol–water partition coefficient (Wildman–Crippen LogP) is 0.680. The lowest BCUT2D eigenvalue weighted by molar-refractivity contribution is 0.469. The molecule has 0 radical (unpaired) electrons. The number of halogens is 1. The third-order valence-electron chi connectivity index (χ3n) is 0.457. The Bertz CT molecular complexity index is 61.8. The van der Waals surface area contributed by atoms with Gasteiger partial charge in [0, 0.05) is 6.26 Å². The third kappa shape index (κ3) is 2.33. The van der Waals surface area contributed by atoms with Gasteiger partial charge in [-0.3, -0.25) is 4.21 Å². The fourth-order valence-electron chi connectivity index (χ4n) is 0. The summed E-state index contributed by atoms with van der Waals surface area (Å²) in [6.07, 6.45) is 1.34. The molecule has 0 aliphatic rings. The highest BCUT2D eigenvalue weighted by atomic mass is 32.2. The van der Waals surface area contributed by atoms with Crippen LogP contribution in [0.2, 0.25) is 0 Å². The van der Waals surface area contributed by atoms with Crippen molar-refractivity contribution in [1.29, 1.82) is 0 Å². The van der Waals surface area contributed by atoms with Crippen LogP contribution in [0.1, 0.15) is 6.92 Å². The van der Waals surface area contributed by atoms with Crippen molar-refractivity contribution in [2.75, 3.05) is 6.26 Å². The highest BCUT2D eigenvalue weighted by Crippen LogP contribution is 1.89. The Kier molecular flexibility index (Phi) is 2.32. The summed E-state index contributed by atoms with van der Waals surface area (Å²) in [5, 5.41) is 0. The van der Waals surface area contributed by atoms with E-state index in [2.05, 4.69) is 0 Å². The summed E-state index contributed by atoms with van der Waals surface area (Å²) in [5.41, 5.74) is -1.18. The summed E-state index contributed by atoms with van der Waals surface area (Å²) < 4.78 is 21.4. The molecule has 2 unspecified atom stereocenters. The van der Waals surface area contributed by atoms with Crippen LogP contribution in [0.4, 0.5) is 4.39 Å². The molecule has 6 heavy (non-hydrogen) atoms. The summed E-state index contributed by atoms with van der Waals surface area (Å²) in [5.74, 6) is 0. The quantitative estimate of drug-likeness (QED) is 0.485. The van der Waals surface area contributed by atoms with Gasteiger partial charge in [-0.05, 0) is 6.92 Å². The smallest absolute Gasteiger partial charge is 0.171 e. The van der Waals surface area contributed by atoms with Gasteiger partial charge in [-0.2, -0.15) is 0 Å². The van der Waals surface area contributed by atoms with E-state index in [-0.39, 0.29) is 0 Å². The molecule has 1 nitrogen and oxygen atoms in total. The van der Waals surface area contributed by atoms with E-state index in [4.69, 9.17) is 0 Å². The summed E-state index contributed by atoms with van der Waals surface area (Å²) >= 11 is 0. The van der Waals surface area contributed by atoms with E-state index >= 15 is 0 Å². The molecule has 3 heteroatoms. The van der Waals surface area contributed by atoms with E-state index in [1.54, 1.807) is 0 Å². The van der Waals surface area contributed by atoms with E-state index < -0.39 is 16.3 Å². The number of hydrogen-bond donors (Lipinski definition) is 0. The van der Waals surface area contributed by atoms with Crippen molar-refractivity contribution in [2.24, 2.45) is 0 Å². The van der Waals surface area contributed by atoms with E-state index in [1.807, 2.05) is 0 Å². The first-order chi connectivity index (χ1) is 2.64. The van der Waals surface area contributed by atoms with Crippen LogP contribution in [-0.2, 0) is 10.8 Å². The highest BCUT2D eigenvalue weighted by Gasteiger charge is 1.97. The van der Waals surface area contributed by atoms with Gasteiger partial charge in [-0.1, -0.05) is 0 Å². The van der Waals surface area contributed by atoms with Gasteiger partial charge in [0.1, 0.15) is 0 Å². The van der Waals surface area contributed by atoms with Crippen LogP contribution < -0.4 is 0 Å². The average Bonchev–Trinajstić information content (AvgIpc) is 1.36. The second-order valence-corrected chi connectivity index (χ2v) is 2.69. The third-order valence-corrected chi connectivity index (χ3v) is 1.37. The lowest BCUT2D eigenvalue weighted by atomic mass is 10.9. The summed E-state index contributed by atoms with van der Waals surface area (Å²) in [7, 11) is -1.28. The Labute approximate surface area is 39.0 Å². The SMILES string of the molecule is CC(F)S(C)=O. The highest BCUT2D eigenvalue weighted by molar-refractivity contribution is 7.84. The molecule has 0 amide bonds. The lowest BCUT2D eigenvalue weighted by Crippen LogP contribution is -1.98. The Hall–Kier alpha value is 0.0800. The number of alkyl halides is 1. The van der Waals surface area contributed by atoms with Crippen molar-refractivity contribution in [3.05, 3.63) is 0 Å². The second-order valence-electron chi connectivity index (χ2n) is 1.04. The first-order valence-electron chi connectivity index (χ1n) is 1.61. The normalized spacial score (nSPS) is 19.8. The molecule has 38 valence electrons. The molecule has 0 aromatic carbocycles. The summed E-state index contributed by atoms with van der Waals surface area (Å²) in [4.78, 5) is 0. The maximum absolute atomic E-state index is 11.5. The van der Waals surface area contributed by atoms with E-state index in [0.717, 1.165) is 0 Å². The molecule has 0 aliphatic heterocycles. The molecule has 0 spiro atoms. The first-order valence-corrected chi connectivity index (χ1v) is 3.23. The molecule has 0 saturated heterocycles. The van der Waals surface area contributed by atoms with Gasteiger partial charge in [0.2, 0.25) is 0 Å². The van der Waals surface area contributed by atoms with Gasteiger partial charge >= 0.3 is 0 Å². The molecule has 0 fully saturated rings. The summed E-state index contributed by atoms with van der Waals surface area (Å²) in [6, 6.07) is 0. The van der Waals surface area contributed by atoms with Gasteiger partial charge in [0.15, 0.2) is 5.50 Å². The maximum Gasteiger partial charge on any atom is 0.171 e. The van der Waals surface area contributed by atoms with Crippen LogP contribution in [0.3, 0.4) is 0 Å². The van der Waals surface area contributed by atoms with Crippen LogP contribution in [0.15, 0.2) is 0 Å². The number of hydrogen-bond acceptors (Lipinski definition) is 1. The van der Waals surface area contributed by atoms with Crippen LogP contribution >= 0.6 is 0 Å². The zero-order valence-corrected chi connectivity index (χ0v) is 4.59. The van der Waals surface area contributed by atoms with E-state index in [1.165, 1.54) is 13.2 Å². The molecular weight excluding hydrogens is 103 g/mol. The van der Waals surface area contributed by atoms with Gasteiger partial charge in [0.25, 0.3) is 0 Å². The zero-order chi connectivity index (χ0) is 5.15. The van der Waals surface area contributed by atoms with Gasteiger partial charge in [0.05, 0.1) is 10.8 Å². The molecule has 0 aromatic heterocycles. The maximum atomic E-state index is 11.5. The molecule has 0 saturated carbocycles.